The van der Waals surface area contributed by atoms with Crippen molar-refractivity contribution in [3.63, 3.8) is 0 Å². The third kappa shape index (κ3) is 3.58. The maximum atomic E-state index is 12.1. The molecule has 1 saturated heterocycles. The van der Waals surface area contributed by atoms with Gasteiger partial charge in [-0.05, 0) is 12.8 Å². The van der Waals surface area contributed by atoms with Crippen LogP contribution in [0.4, 0.5) is 13.2 Å². The molecule has 0 aromatic rings. The molecule has 0 atom stereocenters. The Bertz CT molecular complexity index is 321. The molecule has 1 aliphatic rings. The highest BCUT2D eigenvalue weighted by atomic mass is 19.4. The van der Waals surface area contributed by atoms with Crippen LogP contribution in [0, 0.1) is 0 Å². The maximum Gasteiger partial charge on any atom is 0.471 e. The van der Waals surface area contributed by atoms with E-state index in [0.29, 0.717) is 4.90 Å². The number of carboxylic acids is 1. The Morgan fingerprint density at radius 1 is 1.24 bits per heavy atom. The first-order valence-corrected chi connectivity index (χ1v) is 4.94. The fourth-order valence-electron chi connectivity index (χ4n) is 1.76. The summed E-state index contributed by atoms with van der Waals surface area (Å²) in [4.78, 5) is 21.9. The van der Waals surface area contributed by atoms with E-state index in [4.69, 9.17) is 5.11 Å². The van der Waals surface area contributed by atoms with Gasteiger partial charge in [0, 0.05) is 13.1 Å². The van der Waals surface area contributed by atoms with E-state index in [0.717, 1.165) is 0 Å². The van der Waals surface area contributed by atoms with E-state index in [2.05, 4.69) is 0 Å². The van der Waals surface area contributed by atoms with Crippen molar-refractivity contribution in [2.45, 2.75) is 31.0 Å². The molecular weight excluding hydrogens is 243 g/mol. The second kappa shape index (κ2) is 4.52. The average molecular weight is 255 g/mol. The Labute approximate surface area is 94.8 Å². The van der Waals surface area contributed by atoms with Crippen LogP contribution < -0.4 is 0 Å². The number of aliphatic hydroxyl groups is 1. The molecule has 1 fully saturated rings. The smallest absolute Gasteiger partial charge is 0.471 e. The Morgan fingerprint density at radius 2 is 1.71 bits per heavy atom. The standard InChI is InChI=1S/C9H12F3NO4/c10-9(11,12)7(16)13-3-1-8(17,2-4-13)5-6(14)15/h17H,1-5H2,(H,14,15). The minimum atomic E-state index is -4.93. The predicted octanol–water partition coefficient (Wildman–Crippen LogP) is 0.377. The van der Waals surface area contributed by atoms with Gasteiger partial charge in [-0.15, -0.1) is 0 Å². The molecule has 0 aliphatic carbocycles. The van der Waals surface area contributed by atoms with Gasteiger partial charge in [0.2, 0.25) is 0 Å². The van der Waals surface area contributed by atoms with Gasteiger partial charge < -0.3 is 15.1 Å². The highest BCUT2D eigenvalue weighted by Gasteiger charge is 2.45. The zero-order chi connectivity index (χ0) is 13.3. The summed E-state index contributed by atoms with van der Waals surface area (Å²) in [6.45, 7) is -0.579. The van der Waals surface area contributed by atoms with Crippen molar-refractivity contribution >= 4 is 11.9 Å². The van der Waals surface area contributed by atoms with Crippen molar-refractivity contribution in [1.82, 2.24) is 4.90 Å². The number of rotatable bonds is 2. The summed E-state index contributed by atoms with van der Waals surface area (Å²) >= 11 is 0. The van der Waals surface area contributed by atoms with Crippen molar-refractivity contribution in [3.05, 3.63) is 0 Å². The number of halogens is 3. The fraction of sp³-hybridized carbons (Fsp3) is 0.778. The van der Waals surface area contributed by atoms with Crippen molar-refractivity contribution in [2.75, 3.05) is 13.1 Å². The highest BCUT2D eigenvalue weighted by Crippen LogP contribution is 2.28. The Morgan fingerprint density at radius 3 is 2.06 bits per heavy atom. The van der Waals surface area contributed by atoms with Gasteiger partial charge in [0.15, 0.2) is 0 Å². The van der Waals surface area contributed by atoms with Crippen molar-refractivity contribution in [2.24, 2.45) is 0 Å². The first kappa shape index (κ1) is 13.8. The van der Waals surface area contributed by atoms with E-state index in [1.807, 2.05) is 0 Å². The molecule has 0 saturated carbocycles. The molecule has 0 radical (unpaired) electrons. The lowest BCUT2D eigenvalue weighted by Gasteiger charge is -2.37. The number of piperidine rings is 1. The number of aliphatic carboxylic acids is 1. The first-order chi connectivity index (χ1) is 7.64. The SMILES string of the molecule is O=C(O)CC1(O)CCN(C(=O)C(F)(F)F)CC1. The monoisotopic (exact) mass is 255 g/mol. The molecule has 2 N–H and O–H groups in total. The van der Waals surface area contributed by atoms with Gasteiger partial charge in [-0.2, -0.15) is 13.2 Å². The van der Waals surface area contributed by atoms with Gasteiger partial charge in [-0.1, -0.05) is 0 Å². The number of hydrogen-bond donors (Lipinski definition) is 2. The second-order valence-corrected chi connectivity index (χ2v) is 4.08. The molecule has 0 unspecified atom stereocenters. The molecule has 0 spiro atoms. The van der Waals surface area contributed by atoms with Gasteiger partial charge >= 0.3 is 18.1 Å². The van der Waals surface area contributed by atoms with Gasteiger partial charge in [-0.3, -0.25) is 9.59 Å². The number of carbonyl (C=O) groups excluding carboxylic acids is 1. The Kier molecular flexibility index (Phi) is 3.65. The molecule has 0 bridgehead atoms. The number of likely N-dealkylation sites (tertiary alicyclic amines) is 1. The summed E-state index contributed by atoms with van der Waals surface area (Å²) in [6.07, 6.45) is -5.79. The molecule has 1 amide bonds. The van der Waals surface area contributed by atoms with E-state index in [1.165, 1.54) is 0 Å². The summed E-state index contributed by atoms with van der Waals surface area (Å²) in [7, 11) is 0. The number of alkyl halides is 3. The Balaban J connectivity index is 2.57. The fourth-order valence-corrected chi connectivity index (χ4v) is 1.76. The van der Waals surface area contributed by atoms with Gasteiger partial charge in [0.25, 0.3) is 0 Å². The lowest BCUT2D eigenvalue weighted by molar-refractivity contribution is -0.189. The van der Waals surface area contributed by atoms with Crippen molar-refractivity contribution in [3.8, 4) is 0 Å². The van der Waals surface area contributed by atoms with Gasteiger partial charge in [-0.25, -0.2) is 0 Å². The largest absolute Gasteiger partial charge is 0.481 e. The van der Waals surface area contributed by atoms with Crippen LogP contribution >= 0.6 is 0 Å². The van der Waals surface area contributed by atoms with Crippen molar-refractivity contribution in [1.29, 1.82) is 0 Å². The number of nitrogens with zero attached hydrogens (tertiary/aromatic N) is 1. The zero-order valence-electron chi connectivity index (χ0n) is 8.83. The molecular formula is C9H12F3NO4. The van der Waals surface area contributed by atoms with Crippen LogP contribution in [0.3, 0.4) is 0 Å². The average Bonchev–Trinajstić information content (AvgIpc) is 2.14. The van der Waals surface area contributed by atoms with Crippen molar-refractivity contribution < 1.29 is 33.0 Å². The van der Waals surface area contributed by atoms with E-state index in [9.17, 15) is 27.9 Å². The van der Waals surface area contributed by atoms with E-state index in [-0.39, 0.29) is 25.9 Å². The van der Waals surface area contributed by atoms with Crippen LogP contribution in [0.25, 0.3) is 0 Å². The van der Waals surface area contributed by atoms with Crippen LogP contribution in [0.15, 0.2) is 0 Å². The molecule has 1 rings (SSSR count). The molecule has 0 aromatic heterocycles. The minimum absolute atomic E-state index is 0.166. The summed E-state index contributed by atoms with van der Waals surface area (Å²) in [5, 5.41) is 18.3. The maximum absolute atomic E-state index is 12.1. The number of carbonyl (C=O) groups is 2. The van der Waals surface area contributed by atoms with Gasteiger partial charge in [0.1, 0.15) is 0 Å². The first-order valence-electron chi connectivity index (χ1n) is 4.94. The molecule has 1 heterocycles. The van der Waals surface area contributed by atoms with Gasteiger partial charge in [0.05, 0.1) is 12.0 Å². The molecule has 5 nitrogen and oxygen atoms in total. The van der Waals surface area contributed by atoms with Crippen LogP contribution in [-0.4, -0.2) is 51.9 Å². The van der Waals surface area contributed by atoms with Crippen LogP contribution in [0.2, 0.25) is 0 Å². The number of carboxylic acid groups (broad SMARTS) is 1. The predicted molar refractivity (Wildman–Crippen MR) is 49.1 cm³/mol. The quantitative estimate of drug-likeness (QED) is 0.747. The molecule has 17 heavy (non-hydrogen) atoms. The molecule has 8 heteroatoms. The van der Waals surface area contributed by atoms with E-state index >= 15 is 0 Å². The van der Waals surface area contributed by atoms with Crippen LogP contribution in [-0.2, 0) is 9.59 Å². The third-order valence-electron chi connectivity index (χ3n) is 2.70. The summed E-state index contributed by atoms with van der Waals surface area (Å²) in [6, 6.07) is 0. The molecule has 98 valence electrons. The molecule has 1 aliphatic heterocycles. The number of hydrogen-bond acceptors (Lipinski definition) is 3. The molecule has 0 aromatic carbocycles. The summed E-state index contributed by atoms with van der Waals surface area (Å²) in [5.41, 5.74) is -1.52. The highest BCUT2D eigenvalue weighted by molar-refractivity contribution is 5.82. The normalized spacial score (nSPS) is 20.1. The number of amides is 1. The van der Waals surface area contributed by atoms with E-state index in [1.54, 1.807) is 0 Å². The van der Waals surface area contributed by atoms with Crippen LogP contribution in [0.5, 0.6) is 0 Å². The summed E-state index contributed by atoms with van der Waals surface area (Å²) < 4.78 is 36.3. The van der Waals surface area contributed by atoms with E-state index < -0.39 is 30.1 Å². The lowest BCUT2D eigenvalue weighted by atomic mass is 9.88. The third-order valence-corrected chi connectivity index (χ3v) is 2.70. The van der Waals surface area contributed by atoms with Crippen LogP contribution in [0.1, 0.15) is 19.3 Å². The second-order valence-electron chi connectivity index (χ2n) is 4.08. The Hall–Kier alpha value is -1.31. The zero-order valence-corrected chi connectivity index (χ0v) is 8.83. The topological polar surface area (TPSA) is 77.8 Å². The lowest BCUT2D eigenvalue weighted by Crippen LogP contribution is -2.51. The summed E-state index contributed by atoms with van der Waals surface area (Å²) in [5.74, 6) is -3.17. The minimum Gasteiger partial charge on any atom is -0.481 e.